The van der Waals surface area contributed by atoms with E-state index in [9.17, 15) is 0 Å². The molecule has 2 aromatic heterocycles. The Morgan fingerprint density at radius 2 is 2.10 bits per heavy atom. The molecule has 0 spiro atoms. The second-order valence-corrected chi connectivity index (χ2v) is 5.81. The molecule has 2 heterocycles. The van der Waals surface area contributed by atoms with E-state index in [2.05, 4.69) is 15.1 Å². The van der Waals surface area contributed by atoms with Crippen LogP contribution in [-0.4, -0.2) is 21.7 Å². The molecule has 0 aliphatic rings. The molecule has 21 heavy (non-hydrogen) atoms. The van der Waals surface area contributed by atoms with Gasteiger partial charge >= 0.3 is 0 Å². The van der Waals surface area contributed by atoms with Gasteiger partial charge in [0.05, 0.1) is 17.1 Å². The van der Waals surface area contributed by atoms with Crippen LogP contribution in [0.15, 0.2) is 34.2 Å². The molecule has 6 heteroatoms. The van der Waals surface area contributed by atoms with Gasteiger partial charge in [0.1, 0.15) is 0 Å². The molecule has 5 nitrogen and oxygen atoms in total. The van der Waals surface area contributed by atoms with Crippen molar-refractivity contribution in [2.45, 2.75) is 19.8 Å². The molecule has 0 aliphatic heterocycles. The van der Waals surface area contributed by atoms with Crippen LogP contribution in [0, 0.1) is 6.92 Å². The van der Waals surface area contributed by atoms with E-state index >= 15 is 0 Å². The zero-order chi connectivity index (χ0) is 14.7. The van der Waals surface area contributed by atoms with Crippen molar-refractivity contribution in [1.29, 1.82) is 0 Å². The van der Waals surface area contributed by atoms with Crippen LogP contribution in [0.2, 0.25) is 0 Å². The molecule has 3 aromatic rings. The predicted octanol–water partition coefficient (Wildman–Crippen LogP) is 2.59. The summed E-state index contributed by atoms with van der Waals surface area (Å²) in [5.41, 5.74) is 8.70. The molecular weight excluding hydrogens is 284 g/mol. The number of rotatable bonds is 5. The van der Waals surface area contributed by atoms with E-state index in [1.807, 2.05) is 36.6 Å². The number of aryl methyl sites for hydroxylation is 1. The van der Waals surface area contributed by atoms with Crippen molar-refractivity contribution in [2.24, 2.45) is 5.73 Å². The second kappa shape index (κ2) is 6.15. The molecule has 0 fully saturated rings. The highest BCUT2D eigenvalue weighted by Gasteiger charge is 2.13. The minimum absolute atomic E-state index is 0.543. The van der Waals surface area contributed by atoms with Gasteiger partial charge < -0.3 is 10.3 Å². The maximum atomic E-state index is 5.64. The van der Waals surface area contributed by atoms with E-state index in [-0.39, 0.29) is 0 Å². The first-order valence-corrected chi connectivity index (χ1v) is 7.66. The van der Waals surface area contributed by atoms with E-state index in [1.54, 1.807) is 11.3 Å². The monoisotopic (exact) mass is 300 g/mol. The van der Waals surface area contributed by atoms with Gasteiger partial charge in [-0.15, -0.1) is 11.3 Å². The van der Waals surface area contributed by atoms with Gasteiger partial charge in [-0.1, -0.05) is 23.4 Å². The van der Waals surface area contributed by atoms with Crippen LogP contribution in [0.25, 0.3) is 11.5 Å². The van der Waals surface area contributed by atoms with E-state index in [0.29, 0.717) is 24.7 Å². The largest absolute Gasteiger partial charge is 0.334 e. The lowest BCUT2D eigenvalue weighted by Crippen LogP contribution is -2.03. The summed E-state index contributed by atoms with van der Waals surface area (Å²) in [6.45, 7) is 2.58. The molecule has 108 valence electrons. The van der Waals surface area contributed by atoms with E-state index in [0.717, 1.165) is 28.2 Å². The highest BCUT2D eigenvalue weighted by Crippen LogP contribution is 2.23. The third kappa shape index (κ3) is 3.17. The molecule has 0 atom stereocenters. The summed E-state index contributed by atoms with van der Waals surface area (Å²) in [4.78, 5) is 8.89. The van der Waals surface area contributed by atoms with E-state index in [1.165, 1.54) is 0 Å². The lowest BCUT2D eigenvalue weighted by atomic mass is 10.0. The molecule has 0 aliphatic carbocycles. The fourth-order valence-electron chi connectivity index (χ4n) is 2.19. The molecule has 1 aromatic carbocycles. The predicted molar refractivity (Wildman–Crippen MR) is 82.1 cm³/mol. The van der Waals surface area contributed by atoms with Gasteiger partial charge in [0.25, 0.3) is 5.89 Å². The van der Waals surface area contributed by atoms with Gasteiger partial charge in [0.2, 0.25) is 0 Å². The zero-order valence-electron chi connectivity index (χ0n) is 11.7. The Labute approximate surface area is 126 Å². The summed E-state index contributed by atoms with van der Waals surface area (Å²) in [7, 11) is 0. The van der Waals surface area contributed by atoms with Crippen molar-refractivity contribution in [2.75, 3.05) is 6.54 Å². The van der Waals surface area contributed by atoms with Gasteiger partial charge in [0.15, 0.2) is 5.82 Å². The van der Waals surface area contributed by atoms with Crippen LogP contribution in [-0.2, 0) is 12.8 Å². The molecule has 0 unspecified atom stereocenters. The molecular formula is C15H16N4OS. The zero-order valence-corrected chi connectivity index (χ0v) is 12.6. The second-order valence-electron chi connectivity index (χ2n) is 4.75. The van der Waals surface area contributed by atoms with Crippen molar-refractivity contribution in [3.05, 3.63) is 51.7 Å². The fraction of sp³-hybridized carbons (Fsp3) is 0.267. The Bertz CT molecular complexity index is 735. The Morgan fingerprint density at radius 1 is 1.24 bits per heavy atom. The van der Waals surface area contributed by atoms with Gasteiger partial charge in [-0.3, -0.25) is 0 Å². The highest BCUT2D eigenvalue weighted by molar-refractivity contribution is 7.09. The highest BCUT2D eigenvalue weighted by atomic mass is 32.1. The number of hydrogen-bond acceptors (Lipinski definition) is 6. The van der Waals surface area contributed by atoms with E-state index < -0.39 is 0 Å². The summed E-state index contributed by atoms with van der Waals surface area (Å²) in [5, 5.41) is 7.11. The standard InChI is InChI=1S/C15H16N4OS/c1-10-17-12(9-21-10)8-14-18-15(20-19-14)13-5-3-2-4-11(13)6-7-16/h2-5,9H,6-8,16H2,1H3. The number of aromatic nitrogens is 3. The Hall–Kier alpha value is -2.05. The van der Waals surface area contributed by atoms with Crippen molar-refractivity contribution >= 4 is 11.3 Å². The smallest absolute Gasteiger partial charge is 0.258 e. The Balaban J connectivity index is 1.84. The lowest BCUT2D eigenvalue weighted by Gasteiger charge is -2.03. The Morgan fingerprint density at radius 3 is 2.86 bits per heavy atom. The third-order valence-corrected chi connectivity index (χ3v) is 3.96. The molecule has 3 rings (SSSR count). The van der Waals surface area contributed by atoms with Crippen LogP contribution in [0.3, 0.4) is 0 Å². The first-order chi connectivity index (χ1) is 10.3. The molecule has 0 saturated heterocycles. The van der Waals surface area contributed by atoms with Crippen molar-refractivity contribution in [1.82, 2.24) is 15.1 Å². The van der Waals surface area contributed by atoms with Crippen molar-refractivity contribution in [3.8, 4) is 11.5 Å². The number of nitrogens with two attached hydrogens (primary N) is 1. The summed E-state index contributed by atoms with van der Waals surface area (Å²) >= 11 is 1.62. The van der Waals surface area contributed by atoms with E-state index in [4.69, 9.17) is 10.3 Å². The van der Waals surface area contributed by atoms with Gasteiger partial charge in [0, 0.05) is 10.9 Å². The van der Waals surface area contributed by atoms with Gasteiger partial charge in [-0.2, -0.15) is 4.98 Å². The van der Waals surface area contributed by atoms with Crippen molar-refractivity contribution < 1.29 is 4.52 Å². The van der Waals surface area contributed by atoms with Crippen molar-refractivity contribution in [3.63, 3.8) is 0 Å². The molecule has 2 N–H and O–H groups in total. The minimum atomic E-state index is 0.543. The number of benzene rings is 1. The number of hydrogen-bond donors (Lipinski definition) is 1. The molecule has 0 radical (unpaired) electrons. The van der Waals surface area contributed by atoms with Crippen LogP contribution in [0.5, 0.6) is 0 Å². The van der Waals surface area contributed by atoms with Crippen LogP contribution in [0.1, 0.15) is 22.1 Å². The first kappa shape index (κ1) is 13.9. The first-order valence-electron chi connectivity index (χ1n) is 6.78. The SMILES string of the molecule is Cc1nc(Cc2noc(-c3ccccc3CCN)n2)cs1. The van der Waals surface area contributed by atoms with Crippen LogP contribution in [0.4, 0.5) is 0 Å². The van der Waals surface area contributed by atoms with Crippen LogP contribution >= 0.6 is 11.3 Å². The molecule has 0 saturated carbocycles. The average Bonchev–Trinajstić information content (AvgIpc) is 3.10. The Kier molecular flexibility index (Phi) is 4.08. The lowest BCUT2D eigenvalue weighted by molar-refractivity contribution is 0.423. The normalized spacial score (nSPS) is 11.0. The molecule has 0 bridgehead atoms. The topological polar surface area (TPSA) is 77.8 Å². The molecule has 0 amide bonds. The average molecular weight is 300 g/mol. The minimum Gasteiger partial charge on any atom is -0.334 e. The summed E-state index contributed by atoms with van der Waals surface area (Å²) in [5.74, 6) is 1.19. The van der Waals surface area contributed by atoms with Crippen LogP contribution < -0.4 is 5.73 Å². The summed E-state index contributed by atoms with van der Waals surface area (Å²) in [6.07, 6.45) is 1.38. The summed E-state index contributed by atoms with van der Waals surface area (Å²) < 4.78 is 5.39. The number of nitrogens with zero attached hydrogens (tertiary/aromatic N) is 3. The fourth-order valence-corrected chi connectivity index (χ4v) is 2.80. The van der Waals surface area contributed by atoms with Gasteiger partial charge in [-0.25, -0.2) is 4.98 Å². The van der Waals surface area contributed by atoms with Gasteiger partial charge in [-0.05, 0) is 31.5 Å². The maximum absolute atomic E-state index is 5.64. The third-order valence-electron chi connectivity index (χ3n) is 3.14. The quantitative estimate of drug-likeness (QED) is 0.783. The summed E-state index contributed by atoms with van der Waals surface area (Å²) in [6, 6.07) is 7.97. The maximum Gasteiger partial charge on any atom is 0.258 e. The number of thiazole rings is 1.